The van der Waals surface area contributed by atoms with Gasteiger partial charge in [-0.3, -0.25) is 19.7 Å². The van der Waals surface area contributed by atoms with Crippen molar-refractivity contribution >= 4 is 23.1 Å². The monoisotopic (exact) mass is 258 g/mol. The van der Waals surface area contributed by atoms with Gasteiger partial charge in [-0.25, -0.2) is 8.78 Å². The van der Waals surface area contributed by atoms with Crippen LogP contribution in [-0.4, -0.2) is 16.6 Å². The number of nitrogens with zero attached hydrogens (tertiary/aromatic N) is 1. The Morgan fingerprint density at radius 2 is 2.00 bits per heavy atom. The Hall–Kier alpha value is -2.38. The Morgan fingerprint density at radius 1 is 1.39 bits per heavy atom. The van der Waals surface area contributed by atoms with Gasteiger partial charge in [-0.1, -0.05) is 0 Å². The Bertz CT molecular complexity index is 531. The van der Waals surface area contributed by atoms with E-state index in [1.165, 1.54) is 0 Å². The molecule has 0 aliphatic carbocycles. The second-order valence-electron chi connectivity index (χ2n) is 3.44. The molecule has 1 aromatic carbocycles. The first-order valence-electron chi connectivity index (χ1n) is 4.74. The van der Waals surface area contributed by atoms with Gasteiger partial charge < -0.3 is 5.32 Å². The first kappa shape index (κ1) is 13.7. The zero-order valence-corrected chi connectivity index (χ0v) is 9.20. The van der Waals surface area contributed by atoms with Crippen molar-refractivity contribution < 1.29 is 23.3 Å². The van der Waals surface area contributed by atoms with Gasteiger partial charge >= 0.3 is 0 Å². The van der Waals surface area contributed by atoms with Gasteiger partial charge in [0.05, 0.1) is 11.3 Å². The van der Waals surface area contributed by atoms with Crippen molar-refractivity contribution in [1.82, 2.24) is 0 Å². The summed E-state index contributed by atoms with van der Waals surface area (Å²) in [5.41, 5.74) is -1.67. The number of hydrogen-bond donors (Lipinski definition) is 1. The molecule has 0 heterocycles. The summed E-state index contributed by atoms with van der Waals surface area (Å²) >= 11 is 0. The molecule has 8 heteroatoms. The number of ketones is 1. The second-order valence-corrected chi connectivity index (χ2v) is 3.44. The van der Waals surface area contributed by atoms with E-state index in [1.807, 2.05) is 5.32 Å². The quantitative estimate of drug-likeness (QED) is 0.506. The summed E-state index contributed by atoms with van der Waals surface area (Å²) in [6.45, 7) is 1.12. The van der Waals surface area contributed by atoms with Crippen LogP contribution in [0.25, 0.3) is 0 Å². The lowest BCUT2D eigenvalue weighted by molar-refractivity contribution is -0.384. The van der Waals surface area contributed by atoms with Crippen LogP contribution >= 0.6 is 0 Å². The summed E-state index contributed by atoms with van der Waals surface area (Å²) in [7, 11) is 0. The van der Waals surface area contributed by atoms with Crippen LogP contribution in [0.4, 0.5) is 20.2 Å². The van der Waals surface area contributed by atoms with E-state index < -0.39 is 46.0 Å². The number of carbonyl (C=O) groups excluding carboxylic acids is 2. The fraction of sp³-hybridized carbons (Fsp3) is 0.200. The summed E-state index contributed by atoms with van der Waals surface area (Å²) in [5.74, 6) is -4.33. The number of anilines is 1. The van der Waals surface area contributed by atoms with E-state index in [0.29, 0.717) is 6.07 Å². The number of benzene rings is 1. The van der Waals surface area contributed by atoms with Crippen molar-refractivity contribution in [2.24, 2.45) is 0 Å². The van der Waals surface area contributed by atoms with Crippen molar-refractivity contribution in [1.29, 1.82) is 0 Å². The number of nitrogens with one attached hydrogen (secondary N) is 1. The maximum Gasteiger partial charge on any atom is 0.296 e. The van der Waals surface area contributed by atoms with Crippen molar-refractivity contribution in [3.8, 4) is 0 Å². The van der Waals surface area contributed by atoms with Crippen molar-refractivity contribution in [2.45, 2.75) is 13.3 Å². The van der Waals surface area contributed by atoms with E-state index in [4.69, 9.17) is 0 Å². The third kappa shape index (κ3) is 3.06. The van der Waals surface area contributed by atoms with Crippen LogP contribution in [0, 0.1) is 21.7 Å². The molecule has 0 saturated carbocycles. The third-order valence-corrected chi connectivity index (χ3v) is 1.94. The lowest BCUT2D eigenvalue weighted by atomic mass is 10.2. The molecule has 6 nitrogen and oxygen atoms in total. The Morgan fingerprint density at radius 3 is 2.50 bits per heavy atom. The highest BCUT2D eigenvalue weighted by Gasteiger charge is 2.23. The molecule has 0 aliphatic heterocycles. The number of nitro groups is 1. The van der Waals surface area contributed by atoms with Gasteiger partial charge in [0.1, 0.15) is 5.78 Å². The summed E-state index contributed by atoms with van der Waals surface area (Å²) in [6.07, 6.45) is -0.576. The predicted molar refractivity (Wildman–Crippen MR) is 56.9 cm³/mol. The second kappa shape index (κ2) is 5.30. The number of hydrogen-bond acceptors (Lipinski definition) is 4. The van der Waals surface area contributed by atoms with Crippen LogP contribution in [-0.2, 0) is 9.59 Å². The highest BCUT2D eigenvalue weighted by molar-refractivity contribution is 6.04. The minimum Gasteiger partial charge on any atom is -0.317 e. The molecule has 1 aromatic rings. The van der Waals surface area contributed by atoms with E-state index in [1.54, 1.807) is 0 Å². The van der Waals surface area contributed by atoms with Gasteiger partial charge in [0.25, 0.3) is 5.69 Å². The Labute approximate surface area is 99.7 Å². The van der Waals surface area contributed by atoms with Crippen LogP contribution in [0.2, 0.25) is 0 Å². The van der Waals surface area contributed by atoms with Gasteiger partial charge in [-0.15, -0.1) is 0 Å². The molecule has 0 atom stereocenters. The van der Waals surface area contributed by atoms with E-state index >= 15 is 0 Å². The molecule has 0 spiro atoms. The minimum absolute atomic E-state index is 0.507. The van der Waals surface area contributed by atoms with Gasteiger partial charge in [0.15, 0.2) is 17.3 Å². The molecule has 0 unspecified atom stereocenters. The minimum atomic E-state index is -1.54. The summed E-state index contributed by atoms with van der Waals surface area (Å²) < 4.78 is 26.3. The van der Waals surface area contributed by atoms with Gasteiger partial charge in [0, 0.05) is 6.07 Å². The maximum absolute atomic E-state index is 13.3. The molecule has 1 amide bonds. The zero-order chi connectivity index (χ0) is 13.9. The topological polar surface area (TPSA) is 89.3 Å². The number of nitro benzene ring substituents is 1. The number of halogens is 2. The predicted octanol–water partition coefficient (Wildman–Crippen LogP) is 1.79. The first-order chi connectivity index (χ1) is 8.32. The fourth-order valence-corrected chi connectivity index (χ4v) is 1.22. The van der Waals surface area contributed by atoms with E-state index in [9.17, 15) is 28.5 Å². The molecule has 0 saturated heterocycles. The third-order valence-electron chi connectivity index (χ3n) is 1.94. The Balaban J connectivity index is 3.13. The molecule has 1 rings (SSSR count). The van der Waals surface area contributed by atoms with Crippen LogP contribution < -0.4 is 5.32 Å². The molecule has 0 radical (unpaired) electrons. The molecule has 96 valence electrons. The fourth-order valence-electron chi connectivity index (χ4n) is 1.22. The lowest BCUT2D eigenvalue weighted by Crippen LogP contribution is -2.17. The van der Waals surface area contributed by atoms with E-state index in [2.05, 4.69) is 0 Å². The Kier molecular flexibility index (Phi) is 4.03. The average Bonchev–Trinajstić information content (AvgIpc) is 2.23. The van der Waals surface area contributed by atoms with Crippen LogP contribution in [0.1, 0.15) is 13.3 Å². The van der Waals surface area contributed by atoms with Crippen LogP contribution in [0.15, 0.2) is 12.1 Å². The number of carbonyl (C=O) groups is 2. The molecule has 1 N–H and O–H groups in total. The lowest BCUT2D eigenvalue weighted by Gasteiger charge is -2.06. The smallest absolute Gasteiger partial charge is 0.296 e. The van der Waals surface area contributed by atoms with Crippen molar-refractivity contribution in [3.63, 3.8) is 0 Å². The molecule has 0 aliphatic rings. The molecular weight excluding hydrogens is 250 g/mol. The van der Waals surface area contributed by atoms with Crippen molar-refractivity contribution in [3.05, 3.63) is 33.9 Å². The van der Waals surface area contributed by atoms with E-state index in [-0.39, 0.29) is 0 Å². The standard InChI is InChI=1S/C10H8F2N2O4/c1-5(15)4-8(16)13-10-7(14(17)18)3-2-6(11)9(10)12/h2-3H,4H2,1H3,(H,13,16). The SMILES string of the molecule is CC(=O)CC(=O)Nc1c([N+](=O)[O-])ccc(F)c1F. The normalized spacial score (nSPS) is 9.94. The summed E-state index contributed by atoms with van der Waals surface area (Å²) in [6, 6.07) is 1.30. The van der Waals surface area contributed by atoms with Gasteiger partial charge in [-0.05, 0) is 13.0 Å². The molecule has 0 aromatic heterocycles. The zero-order valence-electron chi connectivity index (χ0n) is 9.20. The molecule has 18 heavy (non-hydrogen) atoms. The van der Waals surface area contributed by atoms with Crippen LogP contribution in [0.5, 0.6) is 0 Å². The van der Waals surface area contributed by atoms with Crippen molar-refractivity contribution in [2.75, 3.05) is 5.32 Å². The summed E-state index contributed by atoms with van der Waals surface area (Å²) in [4.78, 5) is 31.5. The molecular formula is C10H8F2N2O4. The number of rotatable bonds is 4. The highest BCUT2D eigenvalue weighted by atomic mass is 19.2. The van der Waals surface area contributed by atoms with Gasteiger partial charge in [0.2, 0.25) is 5.91 Å². The van der Waals surface area contributed by atoms with Crippen LogP contribution in [0.3, 0.4) is 0 Å². The average molecular weight is 258 g/mol. The number of Topliss-reactive ketones (excluding diaryl/α,β-unsaturated/α-hetero) is 1. The largest absolute Gasteiger partial charge is 0.317 e. The van der Waals surface area contributed by atoms with Gasteiger partial charge in [-0.2, -0.15) is 0 Å². The number of amides is 1. The highest BCUT2D eigenvalue weighted by Crippen LogP contribution is 2.29. The molecule has 0 fully saturated rings. The first-order valence-corrected chi connectivity index (χ1v) is 4.74. The maximum atomic E-state index is 13.3. The van der Waals surface area contributed by atoms with E-state index in [0.717, 1.165) is 13.0 Å². The summed E-state index contributed by atoms with van der Waals surface area (Å²) in [5, 5.41) is 12.4. The molecule has 0 bridgehead atoms.